The molecule has 5 heteroatoms. The molecule has 0 bridgehead atoms. The minimum absolute atomic E-state index is 0.0390. The molecule has 0 atom stereocenters. The molecule has 1 N–H and O–H groups in total. The van der Waals surface area contributed by atoms with Gasteiger partial charge in [0.25, 0.3) is 0 Å². The van der Waals surface area contributed by atoms with Crippen LogP contribution < -0.4 is 0 Å². The summed E-state index contributed by atoms with van der Waals surface area (Å²) < 4.78 is 4.56. The van der Waals surface area contributed by atoms with Gasteiger partial charge in [-0.3, -0.25) is 0 Å². The van der Waals surface area contributed by atoms with Gasteiger partial charge in [-0.15, -0.1) is 0 Å². The van der Waals surface area contributed by atoms with Gasteiger partial charge in [-0.1, -0.05) is 23.2 Å². The largest absolute Gasteiger partial charge is 0.480 e. The predicted octanol–water partition coefficient (Wildman–Crippen LogP) is 1.41. The third-order valence-electron chi connectivity index (χ3n) is 0.584. The lowest BCUT2D eigenvalue weighted by Crippen LogP contribution is -2.07. The Kier molecular flexibility index (Phi) is 5.39. The monoisotopic (exact) mass is 184 g/mol. The van der Waals surface area contributed by atoms with Crippen molar-refractivity contribution in [1.82, 2.24) is 0 Å². The fraction of sp³-hybridized carbons (Fsp3) is 0.400. The van der Waals surface area contributed by atoms with E-state index in [0.29, 0.717) is 0 Å². The molecule has 0 aromatic carbocycles. The molecule has 58 valence electrons. The highest BCUT2D eigenvalue weighted by Gasteiger charge is 1.96. The highest BCUT2D eigenvalue weighted by Crippen LogP contribution is 2.02. The van der Waals surface area contributed by atoms with E-state index in [1.165, 1.54) is 0 Å². The van der Waals surface area contributed by atoms with Crippen LogP contribution in [-0.4, -0.2) is 24.3 Å². The standard InChI is InChI=1S/C5H6Cl2O3/c6-1-4(7)2-10-3-5(8)9/h1H,2-3H2,(H,8,9). The Labute approximate surface area is 68.2 Å². The molecule has 0 aliphatic heterocycles. The zero-order valence-corrected chi connectivity index (χ0v) is 6.52. The molecule has 0 unspecified atom stereocenters. The molecule has 0 aromatic rings. The van der Waals surface area contributed by atoms with Crippen LogP contribution >= 0.6 is 23.2 Å². The van der Waals surface area contributed by atoms with Crippen LogP contribution in [0.5, 0.6) is 0 Å². The van der Waals surface area contributed by atoms with E-state index in [2.05, 4.69) is 4.74 Å². The molecule has 0 amide bonds. The Morgan fingerprint density at radius 3 is 2.60 bits per heavy atom. The summed E-state index contributed by atoms with van der Waals surface area (Å²) in [5, 5.41) is 8.36. The number of carboxylic acid groups (broad SMARTS) is 1. The third-order valence-corrected chi connectivity index (χ3v) is 1.18. The van der Waals surface area contributed by atoms with Crippen molar-refractivity contribution < 1.29 is 14.6 Å². The van der Waals surface area contributed by atoms with Crippen molar-refractivity contribution in [3.8, 4) is 0 Å². The van der Waals surface area contributed by atoms with Gasteiger partial charge in [0.05, 0.1) is 11.6 Å². The number of carboxylic acids is 1. The van der Waals surface area contributed by atoms with Crippen molar-refractivity contribution in [2.75, 3.05) is 13.2 Å². The molecule has 0 fully saturated rings. The molecule has 0 rings (SSSR count). The van der Waals surface area contributed by atoms with Crippen molar-refractivity contribution in [3.05, 3.63) is 10.6 Å². The van der Waals surface area contributed by atoms with Crippen LogP contribution in [0.1, 0.15) is 0 Å². The first-order valence-electron chi connectivity index (χ1n) is 2.41. The second-order valence-electron chi connectivity index (χ2n) is 1.44. The number of ether oxygens (including phenoxy) is 1. The highest BCUT2D eigenvalue weighted by atomic mass is 35.5. The fourth-order valence-corrected chi connectivity index (χ4v) is 0.407. The lowest BCUT2D eigenvalue weighted by atomic mass is 10.6. The van der Waals surface area contributed by atoms with Crippen molar-refractivity contribution >= 4 is 29.2 Å². The number of rotatable bonds is 4. The van der Waals surface area contributed by atoms with E-state index in [1.54, 1.807) is 0 Å². The molecule has 0 aliphatic rings. The maximum atomic E-state index is 9.85. The lowest BCUT2D eigenvalue weighted by molar-refractivity contribution is -0.141. The normalized spacial score (nSPS) is 11.6. The highest BCUT2D eigenvalue weighted by molar-refractivity contribution is 6.36. The zero-order valence-electron chi connectivity index (χ0n) is 5.01. The lowest BCUT2D eigenvalue weighted by Gasteiger charge is -1.96. The molecule has 0 radical (unpaired) electrons. The molecule has 0 saturated heterocycles. The second kappa shape index (κ2) is 5.53. The number of halogens is 2. The summed E-state index contributed by atoms with van der Waals surface area (Å²) in [6.45, 7) is -0.321. The van der Waals surface area contributed by atoms with E-state index in [-0.39, 0.29) is 18.2 Å². The smallest absolute Gasteiger partial charge is 0.329 e. The van der Waals surface area contributed by atoms with Crippen molar-refractivity contribution in [1.29, 1.82) is 0 Å². The SMILES string of the molecule is O=C(O)COCC(Cl)=CCl. The van der Waals surface area contributed by atoms with Crippen LogP contribution in [0.4, 0.5) is 0 Å². The maximum Gasteiger partial charge on any atom is 0.329 e. The van der Waals surface area contributed by atoms with E-state index >= 15 is 0 Å². The Morgan fingerprint density at radius 1 is 1.60 bits per heavy atom. The number of hydrogen-bond donors (Lipinski definition) is 1. The first-order valence-corrected chi connectivity index (χ1v) is 3.22. The average Bonchev–Trinajstić information content (AvgIpc) is 1.87. The molecule has 0 spiro atoms. The number of hydrogen-bond acceptors (Lipinski definition) is 2. The van der Waals surface area contributed by atoms with E-state index in [1.807, 2.05) is 0 Å². The molecular formula is C5H6Cl2O3. The fourth-order valence-electron chi connectivity index (χ4n) is 0.267. The van der Waals surface area contributed by atoms with Gasteiger partial charge in [-0.25, -0.2) is 4.79 Å². The molecule has 0 aliphatic carbocycles. The molecule has 0 heterocycles. The van der Waals surface area contributed by atoms with Crippen LogP contribution in [0.15, 0.2) is 10.6 Å². The van der Waals surface area contributed by atoms with Crippen LogP contribution in [0.25, 0.3) is 0 Å². The summed E-state index contributed by atoms with van der Waals surface area (Å²) in [5.74, 6) is -1.03. The Hall–Kier alpha value is -0.250. The van der Waals surface area contributed by atoms with Crippen molar-refractivity contribution in [2.24, 2.45) is 0 Å². The minimum atomic E-state index is -1.03. The summed E-state index contributed by atoms with van der Waals surface area (Å²) in [5.41, 5.74) is 1.13. The molecule has 0 aromatic heterocycles. The molecular weight excluding hydrogens is 179 g/mol. The van der Waals surface area contributed by atoms with Crippen LogP contribution in [-0.2, 0) is 9.53 Å². The van der Waals surface area contributed by atoms with Crippen LogP contribution in [0.2, 0.25) is 0 Å². The third kappa shape index (κ3) is 5.88. The van der Waals surface area contributed by atoms with Crippen LogP contribution in [0, 0.1) is 0 Å². The Morgan fingerprint density at radius 2 is 2.20 bits per heavy atom. The summed E-state index contributed by atoms with van der Waals surface area (Å²) in [6.07, 6.45) is 0. The molecule has 0 saturated carbocycles. The quantitative estimate of drug-likeness (QED) is 0.719. The topological polar surface area (TPSA) is 46.5 Å². The van der Waals surface area contributed by atoms with Crippen LogP contribution in [0.3, 0.4) is 0 Å². The zero-order chi connectivity index (χ0) is 7.98. The van der Waals surface area contributed by atoms with Gasteiger partial charge in [0.1, 0.15) is 6.61 Å². The van der Waals surface area contributed by atoms with Gasteiger partial charge in [0, 0.05) is 5.54 Å². The summed E-state index contributed by atoms with van der Waals surface area (Å²) in [7, 11) is 0. The number of carbonyl (C=O) groups is 1. The van der Waals surface area contributed by atoms with Gasteiger partial charge >= 0.3 is 5.97 Å². The molecule has 10 heavy (non-hydrogen) atoms. The van der Waals surface area contributed by atoms with Gasteiger partial charge in [0.2, 0.25) is 0 Å². The van der Waals surface area contributed by atoms with Gasteiger partial charge in [-0.2, -0.15) is 0 Å². The van der Waals surface area contributed by atoms with E-state index < -0.39 is 5.97 Å². The van der Waals surface area contributed by atoms with Gasteiger partial charge in [0.15, 0.2) is 0 Å². The summed E-state index contributed by atoms with van der Waals surface area (Å²) in [6, 6.07) is 0. The Balaban J connectivity index is 3.29. The minimum Gasteiger partial charge on any atom is -0.480 e. The van der Waals surface area contributed by atoms with Gasteiger partial charge < -0.3 is 9.84 Å². The molecule has 3 nitrogen and oxygen atoms in total. The first-order chi connectivity index (χ1) is 4.66. The Bertz CT molecular complexity index is 144. The predicted molar refractivity (Wildman–Crippen MR) is 38.2 cm³/mol. The average molecular weight is 185 g/mol. The summed E-state index contributed by atoms with van der Waals surface area (Å²) in [4.78, 5) is 9.85. The summed E-state index contributed by atoms with van der Waals surface area (Å²) >= 11 is 10.5. The van der Waals surface area contributed by atoms with Gasteiger partial charge in [-0.05, 0) is 0 Å². The van der Waals surface area contributed by atoms with Crippen molar-refractivity contribution in [2.45, 2.75) is 0 Å². The number of aliphatic carboxylic acids is 1. The van der Waals surface area contributed by atoms with E-state index in [0.717, 1.165) is 5.54 Å². The maximum absolute atomic E-state index is 9.85. The second-order valence-corrected chi connectivity index (χ2v) is 2.15. The first kappa shape index (κ1) is 9.75. The van der Waals surface area contributed by atoms with Crippen molar-refractivity contribution in [3.63, 3.8) is 0 Å². The van der Waals surface area contributed by atoms with E-state index in [9.17, 15) is 4.79 Å². The van der Waals surface area contributed by atoms with E-state index in [4.69, 9.17) is 28.3 Å².